The molecule has 0 fully saturated rings. The summed E-state index contributed by atoms with van der Waals surface area (Å²) < 4.78 is 32.3. The van der Waals surface area contributed by atoms with Crippen LogP contribution < -0.4 is 10.0 Å². The van der Waals surface area contributed by atoms with Crippen LogP contribution in [0.1, 0.15) is 26.3 Å². The number of nitrogens with zero attached hydrogens (tertiary/aromatic N) is 1. The molecule has 2 N–H and O–H groups in total. The Labute approximate surface area is 185 Å². The molecule has 3 aromatic rings. The first-order valence-corrected chi connectivity index (χ1v) is 10.9. The Bertz CT molecular complexity index is 1240. The van der Waals surface area contributed by atoms with Gasteiger partial charge < -0.3 is 10.5 Å². The number of primary amides is 1. The van der Waals surface area contributed by atoms with Crippen LogP contribution in [-0.4, -0.2) is 27.3 Å². The number of carbonyl (C=O) groups excluding carboxylic acids is 2. The van der Waals surface area contributed by atoms with Gasteiger partial charge in [0.1, 0.15) is 6.61 Å². The van der Waals surface area contributed by atoms with Crippen molar-refractivity contribution in [3.8, 4) is 0 Å². The van der Waals surface area contributed by atoms with Gasteiger partial charge >= 0.3 is 5.97 Å². The molecule has 0 aliphatic carbocycles. The molecule has 3 rings (SSSR count). The smallest absolute Gasteiger partial charge is 0.338 e. The molecule has 0 atom stereocenters. The predicted molar refractivity (Wildman–Crippen MR) is 118 cm³/mol. The van der Waals surface area contributed by atoms with Crippen LogP contribution in [0.5, 0.6) is 0 Å². The van der Waals surface area contributed by atoms with Gasteiger partial charge in [0.15, 0.2) is 0 Å². The van der Waals surface area contributed by atoms with Crippen molar-refractivity contribution < 1.29 is 22.7 Å². The summed E-state index contributed by atoms with van der Waals surface area (Å²) >= 11 is 5.96. The summed E-state index contributed by atoms with van der Waals surface area (Å²) in [6.07, 6.45) is 0. The fraction of sp³-hybridized carbons (Fsp3) is 0.0909. The van der Waals surface area contributed by atoms with E-state index in [0.717, 1.165) is 4.31 Å². The normalized spacial score (nSPS) is 11.0. The lowest BCUT2D eigenvalue weighted by molar-refractivity contribution is 0.0472. The first kappa shape index (κ1) is 22.3. The molecule has 0 bridgehead atoms. The maximum Gasteiger partial charge on any atom is 0.338 e. The molecule has 0 aromatic heterocycles. The molecule has 31 heavy (non-hydrogen) atoms. The van der Waals surface area contributed by atoms with Crippen molar-refractivity contribution in [2.75, 3.05) is 11.4 Å². The van der Waals surface area contributed by atoms with E-state index < -0.39 is 21.9 Å². The van der Waals surface area contributed by atoms with Crippen molar-refractivity contribution in [3.63, 3.8) is 0 Å². The summed E-state index contributed by atoms with van der Waals surface area (Å²) in [5.74, 6) is -1.29. The van der Waals surface area contributed by atoms with Crippen molar-refractivity contribution in [1.82, 2.24) is 0 Å². The third-order valence-corrected chi connectivity index (χ3v) is 6.50. The van der Waals surface area contributed by atoms with Gasteiger partial charge in [0.25, 0.3) is 10.0 Å². The number of sulfonamides is 1. The molecule has 0 spiro atoms. The van der Waals surface area contributed by atoms with Crippen molar-refractivity contribution >= 4 is 39.2 Å². The van der Waals surface area contributed by atoms with E-state index in [4.69, 9.17) is 22.1 Å². The maximum atomic E-state index is 13.0. The fourth-order valence-electron chi connectivity index (χ4n) is 2.80. The summed E-state index contributed by atoms with van der Waals surface area (Å²) in [6, 6.07) is 18.4. The molecular formula is C22H19ClN2O5S. The Hall–Kier alpha value is -3.36. The fourth-order valence-corrected chi connectivity index (χ4v) is 4.22. The zero-order valence-corrected chi connectivity index (χ0v) is 18.1. The third-order valence-electron chi connectivity index (χ3n) is 4.48. The van der Waals surface area contributed by atoms with E-state index in [1.165, 1.54) is 43.4 Å². The molecule has 0 radical (unpaired) electrons. The van der Waals surface area contributed by atoms with Gasteiger partial charge in [-0.3, -0.25) is 9.10 Å². The number of esters is 1. The molecule has 0 heterocycles. The maximum absolute atomic E-state index is 13.0. The van der Waals surface area contributed by atoms with E-state index in [1.807, 2.05) is 0 Å². The Kier molecular flexibility index (Phi) is 6.62. The van der Waals surface area contributed by atoms with E-state index in [2.05, 4.69) is 0 Å². The van der Waals surface area contributed by atoms with Crippen molar-refractivity contribution in [2.24, 2.45) is 5.73 Å². The minimum atomic E-state index is -3.93. The Morgan fingerprint density at radius 1 is 0.968 bits per heavy atom. The summed E-state index contributed by atoms with van der Waals surface area (Å²) in [7, 11) is -2.53. The van der Waals surface area contributed by atoms with Crippen LogP contribution >= 0.6 is 11.6 Å². The SMILES string of the molecule is CN(c1cccc(Cl)c1)S(=O)(=O)c1cccc(C(=O)OCc2cccc(C(N)=O)c2)c1. The average Bonchev–Trinajstić information content (AvgIpc) is 2.77. The van der Waals surface area contributed by atoms with Crippen LogP contribution in [-0.2, 0) is 21.4 Å². The van der Waals surface area contributed by atoms with Gasteiger partial charge in [0.2, 0.25) is 5.91 Å². The average molecular weight is 459 g/mol. The Morgan fingerprint density at radius 2 is 1.65 bits per heavy atom. The lowest BCUT2D eigenvalue weighted by Crippen LogP contribution is -2.26. The number of anilines is 1. The number of hydrogen-bond acceptors (Lipinski definition) is 5. The van der Waals surface area contributed by atoms with Gasteiger partial charge in [-0.1, -0.05) is 35.9 Å². The number of benzene rings is 3. The second kappa shape index (κ2) is 9.20. The van der Waals surface area contributed by atoms with E-state index in [1.54, 1.807) is 36.4 Å². The first-order valence-electron chi connectivity index (χ1n) is 9.09. The van der Waals surface area contributed by atoms with Crippen LogP contribution in [0.25, 0.3) is 0 Å². The zero-order valence-electron chi connectivity index (χ0n) is 16.5. The number of halogens is 1. The van der Waals surface area contributed by atoms with Crippen molar-refractivity contribution in [3.05, 3.63) is 94.5 Å². The van der Waals surface area contributed by atoms with E-state index >= 15 is 0 Å². The topological polar surface area (TPSA) is 107 Å². The molecule has 160 valence electrons. The summed E-state index contributed by atoms with van der Waals surface area (Å²) in [5.41, 5.74) is 6.58. The molecule has 7 nitrogen and oxygen atoms in total. The van der Waals surface area contributed by atoms with Crippen LogP contribution in [0.2, 0.25) is 5.02 Å². The highest BCUT2D eigenvalue weighted by Gasteiger charge is 2.23. The van der Waals surface area contributed by atoms with Crippen LogP contribution in [0, 0.1) is 0 Å². The number of ether oxygens (including phenoxy) is 1. The van der Waals surface area contributed by atoms with Gasteiger partial charge in [0, 0.05) is 17.6 Å². The number of nitrogens with two attached hydrogens (primary N) is 1. The quantitative estimate of drug-likeness (QED) is 0.544. The van der Waals surface area contributed by atoms with Crippen molar-refractivity contribution in [1.29, 1.82) is 0 Å². The molecule has 9 heteroatoms. The van der Waals surface area contributed by atoms with Crippen LogP contribution in [0.4, 0.5) is 5.69 Å². The standard InChI is InChI=1S/C22H19ClN2O5S/c1-25(19-9-4-8-18(23)13-19)31(28,29)20-10-3-7-17(12-20)22(27)30-14-15-5-2-6-16(11-15)21(24)26/h2-13H,14H2,1H3,(H2,24,26). The van der Waals surface area contributed by atoms with E-state index in [0.29, 0.717) is 21.8 Å². The largest absolute Gasteiger partial charge is 0.457 e. The van der Waals surface area contributed by atoms with Gasteiger partial charge in [0.05, 0.1) is 16.1 Å². The minimum Gasteiger partial charge on any atom is -0.457 e. The highest BCUT2D eigenvalue weighted by atomic mass is 35.5. The van der Waals surface area contributed by atoms with Gasteiger partial charge in [-0.25, -0.2) is 13.2 Å². The molecule has 0 aliphatic rings. The van der Waals surface area contributed by atoms with Crippen LogP contribution in [0.15, 0.2) is 77.7 Å². The van der Waals surface area contributed by atoms with E-state index in [9.17, 15) is 18.0 Å². The predicted octanol–water partition coefficient (Wildman–Crippen LogP) is 3.62. The number of amides is 1. The minimum absolute atomic E-state index is 0.0693. The lowest BCUT2D eigenvalue weighted by atomic mass is 10.1. The molecule has 0 aliphatic heterocycles. The van der Waals surface area contributed by atoms with Gasteiger partial charge in [-0.05, 0) is 54.1 Å². The first-order chi connectivity index (χ1) is 14.7. The molecule has 1 amide bonds. The van der Waals surface area contributed by atoms with E-state index in [-0.39, 0.29) is 17.1 Å². The Balaban J connectivity index is 1.78. The van der Waals surface area contributed by atoms with Gasteiger partial charge in [-0.2, -0.15) is 0 Å². The Morgan fingerprint density at radius 3 is 2.35 bits per heavy atom. The third kappa shape index (κ3) is 5.22. The van der Waals surface area contributed by atoms with Crippen LogP contribution in [0.3, 0.4) is 0 Å². The molecule has 0 saturated heterocycles. The molecule has 3 aromatic carbocycles. The summed E-state index contributed by atoms with van der Waals surface area (Å²) in [6.45, 7) is -0.0979. The molecule has 0 unspecified atom stereocenters. The highest BCUT2D eigenvalue weighted by Crippen LogP contribution is 2.25. The molecule has 0 saturated carbocycles. The zero-order chi connectivity index (χ0) is 22.6. The number of hydrogen-bond donors (Lipinski definition) is 1. The highest BCUT2D eigenvalue weighted by molar-refractivity contribution is 7.92. The lowest BCUT2D eigenvalue weighted by Gasteiger charge is -2.20. The van der Waals surface area contributed by atoms with Gasteiger partial charge in [-0.15, -0.1) is 0 Å². The number of rotatable bonds is 7. The monoisotopic (exact) mass is 458 g/mol. The summed E-state index contributed by atoms with van der Waals surface area (Å²) in [5, 5.41) is 0.400. The summed E-state index contributed by atoms with van der Waals surface area (Å²) in [4.78, 5) is 23.7. The van der Waals surface area contributed by atoms with Crippen molar-refractivity contribution in [2.45, 2.75) is 11.5 Å². The second-order valence-electron chi connectivity index (χ2n) is 6.62. The number of carbonyl (C=O) groups is 2. The second-order valence-corrected chi connectivity index (χ2v) is 9.03. The molecular weight excluding hydrogens is 440 g/mol.